The number of benzene rings is 2. The highest BCUT2D eigenvalue weighted by Gasteiger charge is 2.34. The lowest BCUT2D eigenvalue weighted by Crippen LogP contribution is -2.49. The fourth-order valence-corrected chi connectivity index (χ4v) is 7.68. The molecule has 1 N–H and O–H groups in total. The van der Waals surface area contributed by atoms with Crippen LogP contribution < -0.4 is 15.1 Å². The van der Waals surface area contributed by atoms with Gasteiger partial charge in [-0.25, -0.2) is 12.8 Å². The Labute approximate surface area is 236 Å². The van der Waals surface area contributed by atoms with Crippen molar-refractivity contribution in [1.82, 2.24) is 14.5 Å². The molecule has 216 valence electrons. The molecule has 0 aromatic heterocycles. The monoisotopic (exact) mass is 571 g/mol. The lowest BCUT2D eigenvalue weighted by molar-refractivity contribution is -0.126. The number of fused-ring (bicyclic) bond motifs is 1. The molecule has 2 aromatic rings. The molecule has 3 aliphatic heterocycles. The third-order valence-electron chi connectivity index (χ3n) is 8.36. The standard InChI is InChI=1S/C29H38FN5O4S/c1-21-19-24-20-25(7-8-27(24)35(21)22(2)36)40(38,39)34-12-9-23(10-13-34)29(37)31-11-14-32-15-17-33(18-16-32)28-6-4-3-5-26(28)30/h3-8,20-21,23H,9-19H2,1-2H3,(H,31,37)/t21-/m1/s1. The van der Waals surface area contributed by atoms with E-state index in [9.17, 15) is 22.4 Å². The summed E-state index contributed by atoms with van der Waals surface area (Å²) in [6.07, 6.45) is 1.58. The van der Waals surface area contributed by atoms with Crippen LogP contribution in [0, 0.1) is 11.7 Å². The van der Waals surface area contributed by atoms with Gasteiger partial charge < -0.3 is 15.1 Å². The number of rotatable bonds is 7. The molecule has 3 aliphatic rings. The summed E-state index contributed by atoms with van der Waals surface area (Å²) in [5.41, 5.74) is 2.28. The predicted octanol–water partition coefficient (Wildman–Crippen LogP) is 2.46. The van der Waals surface area contributed by atoms with Crippen molar-refractivity contribution < 1.29 is 22.4 Å². The largest absolute Gasteiger partial charge is 0.367 e. The quantitative estimate of drug-likeness (QED) is 0.549. The average Bonchev–Trinajstić information content (AvgIpc) is 3.29. The molecule has 2 saturated heterocycles. The fraction of sp³-hybridized carbons (Fsp3) is 0.517. The van der Waals surface area contributed by atoms with Crippen LogP contribution in [0.1, 0.15) is 32.3 Å². The number of nitrogens with zero attached hydrogens (tertiary/aromatic N) is 4. The Hall–Kier alpha value is -3.02. The van der Waals surface area contributed by atoms with E-state index in [0.717, 1.165) is 44.0 Å². The van der Waals surface area contributed by atoms with E-state index in [-0.39, 0.29) is 34.5 Å². The van der Waals surface area contributed by atoms with Gasteiger partial charge in [-0.05, 0) is 62.1 Å². The van der Waals surface area contributed by atoms with Gasteiger partial charge in [-0.1, -0.05) is 12.1 Å². The van der Waals surface area contributed by atoms with Gasteiger partial charge in [0.25, 0.3) is 0 Å². The molecule has 2 fully saturated rings. The Morgan fingerprint density at radius 2 is 1.68 bits per heavy atom. The molecular weight excluding hydrogens is 533 g/mol. The predicted molar refractivity (Wildman–Crippen MR) is 152 cm³/mol. The maximum Gasteiger partial charge on any atom is 0.243 e. The van der Waals surface area contributed by atoms with Gasteiger partial charge in [0.1, 0.15) is 5.82 Å². The van der Waals surface area contributed by atoms with E-state index in [4.69, 9.17) is 0 Å². The van der Waals surface area contributed by atoms with Crippen LogP contribution in [0.15, 0.2) is 47.4 Å². The number of carbonyl (C=O) groups is 2. The molecule has 0 radical (unpaired) electrons. The van der Waals surface area contributed by atoms with Crippen molar-refractivity contribution in [3.05, 3.63) is 53.8 Å². The Bertz CT molecular complexity index is 1350. The first kappa shape index (κ1) is 28.5. The summed E-state index contributed by atoms with van der Waals surface area (Å²) in [5, 5.41) is 3.03. The molecule has 0 saturated carbocycles. The molecular formula is C29H38FN5O4S. The molecule has 0 bridgehead atoms. The molecule has 2 aromatic carbocycles. The maximum atomic E-state index is 14.1. The van der Waals surface area contributed by atoms with E-state index in [1.54, 1.807) is 35.2 Å². The summed E-state index contributed by atoms with van der Waals surface area (Å²) >= 11 is 0. The number of anilines is 2. The van der Waals surface area contributed by atoms with E-state index in [2.05, 4.69) is 15.1 Å². The highest BCUT2D eigenvalue weighted by Crippen LogP contribution is 2.35. The summed E-state index contributed by atoms with van der Waals surface area (Å²) < 4.78 is 42.2. The second kappa shape index (κ2) is 11.8. The van der Waals surface area contributed by atoms with E-state index in [0.29, 0.717) is 44.6 Å². The first-order valence-corrected chi connectivity index (χ1v) is 15.5. The first-order chi connectivity index (χ1) is 19.1. The van der Waals surface area contributed by atoms with Crippen LogP contribution in [0.2, 0.25) is 0 Å². The highest BCUT2D eigenvalue weighted by molar-refractivity contribution is 7.89. The van der Waals surface area contributed by atoms with Crippen molar-refractivity contribution in [2.45, 2.75) is 44.0 Å². The average molecular weight is 572 g/mol. The fourth-order valence-electron chi connectivity index (χ4n) is 6.16. The second-order valence-corrected chi connectivity index (χ2v) is 12.9. The normalized spacial score (nSPS) is 20.9. The number of hydrogen-bond acceptors (Lipinski definition) is 6. The minimum atomic E-state index is -3.68. The Balaban J connectivity index is 1.07. The van der Waals surface area contributed by atoms with E-state index < -0.39 is 10.0 Å². The van der Waals surface area contributed by atoms with Gasteiger partial charge in [0, 0.05) is 76.9 Å². The van der Waals surface area contributed by atoms with Gasteiger partial charge in [-0.15, -0.1) is 0 Å². The maximum absolute atomic E-state index is 14.1. The molecule has 0 unspecified atom stereocenters. The van der Waals surface area contributed by atoms with Gasteiger partial charge >= 0.3 is 0 Å². The molecule has 2 amide bonds. The minimum absolute atomic E-state index is 0.00295. The van der Waals surface area contributed by atoms with Gasteiger partial charge in [0.15, 0.2) is 0 Å². The first-order valence-electron chi connectivity index (χ1n) is 14.1. The minimum Gasteiger partial charge on any atom is -0.367 e. The van der Waals surface area contributed by atoms with Crippen molar-refractivity contribution in [3.63, 3.8) is 0 Å². The van der Waals surface area contributed by atoms with Crippen LogP contribution >= 0.6 is 0 Å². The number of amides is 2. The summed E-state index contributed by atoms with van der Waals surface area (Å²) in [6.45, 7) is 8.40. The van der Waals surface area contributed by atoms with E-state index in [1.807, 2.05) is 13.0 Å². The van der Waals surface area contributed by atoms with Crippen molar-refractivity contribution in [1.29, 1.82) is 0 Å². The molecule has 0 spiro atoms. The number of halogens is 1. The van der Waals surface area contributed by atoms with Crippen molar-refractivity contribution in [2.75, 3.05) is 62.2 Å². The third kappa shape index (κ3) is 5.87. The summed E-state index contributed by atoms with van der Waals surface area (Å²) in [7, 11) is -3.68. The van der Waals surface area contributed by atoms with Gasteiger partial charge in [-0.3, -0.25) is 14.5 Å². The van der Waals surface area contributed by atoms with Gasteiger partial charge in [-0.2, -0.15) is 4.31 Å². The Morgan fingerprint density at radius 3 is 2.35 bits per heavy atom. The van der Waals surface area contributed by atoms with Crippen LogP contribution in [-0.2, 0) is 26.0 Å². The third-order valence-corrected chi connectivity index (χ3v) is 10.3. The van der Waals surface area contributed by atoms with Gasteiger partial charge in [0.2, 0.25) is 21.8 Å². The molecule has 0 aliphatic carbocycles. The highest BCUT2D eigenvalue weighted by atomic mass is 32.2. The number of carbonyl (C=O) groups excluding carboxylic acids is 2. The Morgan fingerprint density at radius 1 is 0.975 bits per heavy atom. The SMILES string of the molecule is CC(=O)N1c2ccc(S(=O)(=O)N3CCC(C(=O)NCCN4CCN(c5ccccc5F)CC4)CC3)cc2C[C@H]1C. The summed E-state index contributed by atoms with van der Waals surface area (Å²) in [6, 6.07) is 11.8. The summed E-state index contributed by atoms with van der Waals surface area (Å²) in [5.74, 6) is -0.498. The van der Waals surface area contributed by atoms with E-state index >= 15 is 0 Å². The van der Waals surface area contributed by atoms with Crippen LogP contribution in [0.3, 0.4) is 0 Å². The smallest absolute Gasteiger partial charge is 0.243 e. The number of para-hydroxylation sites is 1. The van der Waals surface area contributed by atoms with E-state index in [1.165, 1.54) is 17.3 Å². The van der Waals surface area contributed by atoms with Crippen molar-refractivity contribution in [2.24, 2.45) is 5.92 Å². The zero-order chi connectivity index (χ0) is 28.4. The zero-order valence-corrected chi connectivity index (χ0v) is 24.0. The molecule has 40 heavy (non-hydrogen) atoms. The lowest BCUT2D eigenvalue weighted by atomic mass is 9.97. The summed E-state index contributed by atoms with van der Waals surface area (Å²) in [4.78, 5) is 31.1. The topological polar surface area (TPSA) is 93.3 Å². The van der Waals surface area contributed by atoms with Crippen LogP contribution in [-0.4, -0.2) is 87.8 Å². The number of hydrogen-bond donors (Lipinski definition) is 1. The zero-order valence-electron chi connectivity index (χ0n) is 23.2. The molecule has 11 heteroatoms. The second-order valence-electron chi connectivity index (χ2n) is 11.0. The van der Waals surface area contributed by atoms with Crippen LogP contribution in [0.4, 0.5) is 15.8 Å². The van der Waals surface area contributed by atoms with Crippen LogP contribution in [0.5, 0.6) is 0 Å². The lowest BCUT2D eigenvalue weighted by Gasteiger charge is -2.36. The molecule has 1 atom stereocenters. The van der Waals surface area contributed by atoms with Crippen LogP contribution in [0.25, 0.3) is 0 Å². The number of piperazine rings is 1. The number of nitrogens with one attached hydrogen (secondary N) is 1. The number of piperidine rings is 1. The van der Waals surface area contributed by atoms with Gasteiger partial charge in [0.05, 0.1) is 10.6 Å². The Kier molecular flexibility index (Phi) is 8.44. The van der Waals surface area contributed by atoms with Crippen molar-refractivity contribution >= 4 is 33.2 Å². The van der Waals surface area contributed by atoms with Crippen molar-refractivity contribution in [3.8, 4) is 0 Å². The molecule has 9 nitrogen and oxygen atoms in total. The number of sulfonamides is 1. The molecule has 3 heterocycles. The molecule has 5 rings (SSSR count).